The molecule has 16 heavy (non-hydrogen) atoms. The Bertz CT molecular complexity index is 239. The number of hydroxylamine groups is 2. The number of carboxylic acid groups (broad SMARTS) is 1. The molecule has 92 valence electrons. The van der Waals surface area contributed by atoms with Crippen LogP contribution in [0.25, 0.3) is 0 Å². The Morgan fingerprint density at radius 2 is 1.81 bits per heavy atom. The Labute approximate surface area is 94.5 Å². The van der Waals surface area contributed by atoms with E-state index < -0.39 is 5.97 Å². The predicted molar refractivity (Wildman–Crippen MR) is 56.6 cm³/mol. The van der Waals surface area contributed by atoms with E-state index in [0.29, 0.717) is 25.9 Å². The van der Waals surface area contributed by atoms with Crippen LogP contribution in [-0.2, 0) is 14.4 Å². The fourth-order valence-electron chi connectivity index (χ4n) is 1.47. The van der Waals surface area contributed by atoms with E-state index in [0.717, 1.165) is 13.1 Å². The summed E-state index contributed by atoms with van der Waals surface area (Å²) < 4.78 is 0. The molecule has 0 aromatic rings. The summed E-state index contributed by atoms with van der Waals surface area (Å²) in [7, 11) is 0. The monoisotopic (exact) mass is 230 g/mol. The molecule has 1 fully saturated rings. The first-order chi connectivity index (χ1) is 7.68. The van der Waals surface area contributed by atoms with Crippen LogP contribution in [0.2, 0.25) is 0 Å². The number of carbonyl (C=O) groups is 2. The van der Waals surface area contributed by atoms with Gasteiger partial charge in [-0.2, -0.15) is 0 Å². The van der Waals surface area contributed by atoms with Crippen molar-refractivity contribution in [3.05, 3.63) is 0 Å². The number of unbranched alkanes of at least 4 members (excludes halogenated alkanes) is 1. The third kappa shape index (κ3) is 5.67. The van der Waals surface area contributed by atoms with Gasteiger partial charge in [-0.3, -0.25) is 9.59 Å². The molecule has 6 heteroatoms. The van der Waals surface area contributed by atoms with E-state index >= 15 is 0 Å². The lowest BCUT2D eigenvalue weighted by atomic mass is 10.2. The van der Waals surface area contributed by atoms with Crippen LogP contribution >= 0.6 is 0 Å². The Hall–Kier alpha value is -1.14. The second-order valence-electron chi connectivity index (χ2n) is 3.74. The first-order valence-electron chi connectivity index (χ1n) is 5.57. The minimum absolute atomic E-state index is 0.112. The number of hydrogen-bond acceptors (Lipinski definition) is 5. The summed E-state index contributed by atoms with van der Waals surface area (Å²) in [5.74, 6) is -1.09. The zero-order chi connectivity index (χ0) is 11.8. The number of piperazine rings is 1. The summed E-state index contributed by atoms with van der Waals surface area (Å²) in [4.78, 5) is 26.7. The van der Waals surface area contributed by atoms with Crippen LogP contribution in [0.15, 0.2) is 0 Å². The number of hydrogen-bond donors (Lipinski definition) is 2. The quantitative estimate of drug-likeness (QED) is 0.625. The number of carboxylic acids is 1. The molecular formula is C10H18N2O4. The molecule has 1 aliphatic rings. The van der Waals surface area contributed by atoms with E-state index in [9.17, 15) is 9.59 Å². The van der Waals surface area contributed by atoms with E-state index in [1.807, 2.05) is 0 Å². The van der Waals surface area contributed by atoms with Crippen LogP contribution in [0.3, 0.4) is 0 Å². The average Bonchev–Trinajstić information content (AvgIpc) is 2.25. The van der Waals surface area contributed by atoms with Crippen LogP contribution in [0.4, 0.5) is 0 Å². The van der Waals surface area contributed by atoms with E-state index in [1.165, 1.54) is 0 Å². The zero-order valence-corrected chi connectivity index (χ0v) is 9.28. The Balaban J connectivity index is 2.03. The fourth-order valence-corrected chi connectivity index (χ4v) is 1.47. The van der Waals surface area contributed by atoms with Gasteiger partial charge in [0, 0.05) is 39.0 Å². The summed E-state index contributed by atoms with van der Waals surface area (Å²) in [5, 5.41) is 13.2. The maximum atomic E-state index is 11.3. The molecule has 6 nitrogen and oxygen atoms in total. The van der Waals surface area contributed by atoms with E-state index in [-0.39, 0.29) is 18.8 Å². The highest BCUT2D eigenvalue weighted by molar-refractivity contribution is 5.69. The summed E-state index contributed by atoms with van der Waals surface area (Å²) >= 11 is 0. The second kappa shape index (κ2) is 7.19. The van der Waals surface area contributed by atoms with Crippen molar-refractivity contribution < 1.29 is 19.5 Å². The van der Waals surface area contributed by atoms with Gasteiger partial charge < -0.3 is 15.3 Å². The van der Waals surface area contributed by atoms with Gasteiger partial charge in [0.1, 0.15) is 0 Å². The number of rotatable bonds is 6. The van der Waals surface area contributed by atoms with Crippen molar-refractivity contribution in [2.24, 2.45) is 0 Å². The summed E-state index contributed by atoms with van der Waals surface area (Å²) in [6, 6.07) is 0. The Morgan fingerprint density at radius 1 is 1.19 bits per heavy atom. The van der Waals surface area contributed by atoms with E-state index in [1.54, 1.807) is 5.06 Å². The van der Waals surface area contributed by atoms with Gasteiger partial charge in [-0.05, 0) is 12.8 Å². The predicted octanol–water partition coefficient (Wildman–Crippen LogP) is -0.00520. The minimum Gasteiger partial charge on any atom is -0.481 e. The van der Waals surface area contributed by atoms with Crippen molar-refractivity contribution in [2.75, 3.05) is 26.2 Å². The maximum absolute atomic E-state index is 11.3. The van der Waals surface area contributed by atoms with Crippen molar-refractivity contribution in [1.29, 1.82) is 0 Å². The Kier molecular flexibility index (Phi) is 5.81. The van der Waals surface area contributed by atoms with Crippen molar-refractivity contribution in [2.45, 2.75) is 25.7 Å². The molecule has 0 saturated carbocycles. The molecular weight excluding hydrogens is 212 g/mol. The first-order valence-corrected chi connectivity index (χ1v) is 5.57. The smallest absolute Gasteiger partial charge is 0.325 e. The van der Waals surface area contributed by atoms with Gasteiger partial charge in [-0.1, -0.05) is 0 Å². The molecule has 1 aliphatic heterocycles. The lowest BCUT2D eigenvalue weighted by molar-refractivity contribution is -0.193. The van der Waals surface area contributed by atoms with Crippen LogP contribution in [0.1, 0.15) is 25.7 Å². The second-order valence-corrected chi connectivity index (χ2v) is 3.74. The lowest BCUT2D eigenvalue weighted by Gasteiger charge is -2.25. The van der Waals surface area contributed by atoms with Crippen molar-refractivity contribution in [3.63, 3.8) is 0 Å². The van der Waals surface area contributed by atoms with Crippen molar-refractivity contribution >= 4 is 11.9 Å². The molecule has 0 radical (unpaired) electrons. The van der Waals surface area contributed by atoms with Gasteiger partial charge >= 0.3 is 11.9 Å². The molecule has 0 aromatic heterocycles. The molecule has 0 amide bonds. The van der Waals surface area contributed by atoms with Gasteiger partial charge in [-0.25, -0.2) is 0 Å². The van der Waals surface area contributed by atoms with E-state index in [2.05, 4.69) is 5.32 Å². The first kappa shape index (κ1) is 12.9. The summed E-state index contributed by atoms with van der Waals surface area (Å²) in [6.45, 7) is 3.07. The van der Waals surface area contributed by atoms with Crippen LogP contribution in [0.5, 0.6) is 0 Å². The van der Waals surface area contributed by atoms with Crippen molar-refractivity contribution in [3.8, 4) is 0 Å². The molecule has 0 atom stereocenters. The fraction of sp³-hybridized carbons (Fsp3) is 0.800. The number of aliphatic carboxylic acids is 1. The molecule has 2 N–H and O–H groups in total. The molecule has 0 unspecified atom stereocenters. The topological polar surface area (TPSA) is 78.9 Å². The van der Waals surface area contributed by atoms with Crippen molar-refractivity contribution in [1.82, 2.24) is 10.4 Å². The zero-order valence-electron chi connectivity index (χ0n) is 9.28. The Morgan fingerprint density at radius 3 is 2.44 bits per heavy atom. The number of carbonyl (C=O) groups excluding carboxylic acids is 1. The molecule has 0 aromatic carbocycles. The highest BCUT2D eigenvalue weighted by Crippen LogP contribution is 2.03. The lowest BCUT2D eigenvalue weighted by Crippen LogP contribution is -2.44. The molecule has 0 bridgehead atoms. The SMILES string of the molecule is O=C(O)CCCCC(=O)ON1CCNCC1. The van der Waals surface area contributed by atoms with E-state index in [4.69, 9.17) is 9.94 Å². The van der Waals surface area contributed by atoms with Crippen LogP contribution < -0.4 is 5.32 Å². The van der Waals surface area contributed by atoms with Gasteiger partial charge in [0.2, 0.25) is 0 Å². The van der Waals surface area contributed by atoms with Gasteiger partial charge in [-0.15, -0.1) is 5.06 Å². The molecule has 0 aliphatic carbocycles. The standard InChI is InChI=1S/C10H18N2O4/c13-9(14)3-1-2-4-10(15)16-12-7-5-11-6-8-12/h11H,1-8H2,(H,13,14). The molecule has 1 rings (SSSR count). The highest BCUT2D eigenvalue weighted by Gasteiger charge is 2.14. The molecule has 1 heterocycles. The summed E-state index contributed by atoms with van der Waals surface area (Å²) in [5.41, 5.74) is 0. The van der Waals surface area contributed by atoms with Gasteiger partial charge in [0.15, 0.2) is 0 Å². The largest absolute Gasteiger partial charge is 0.481 e. The van der Waals surface area contributed by atoms with Crippen LogP contribution in [0, 0.1) is 0 Å². The normalized spacial score (nSPS) is 17.0. The third-order valence-corrected chi connectivity index (χ3v) is 2.33. The average molecular weight is 230 g/mol. The molecule has 0 spiro atoms. The maximum Gasteiger partial charge on any atom is 0.325 e. The van der Waals surface area contributed by atoms with Gasteiger partial charge in [0.05, 0.1) is 0 Å². The van der Waals surface area contributed by atoms with Crippen LogP contribution in [-0.4, -0.2) is 48.3 Å². The van der Waals surface area contributed by atoms with Gasteiger partial charge in [0.25, 0.3) is 0 Å². The number of nitrogens with one attached hydrogen (secondary N) is 1. The third-order valence-electron chi connectivity index (χ3n) is 2.33. The molecule has 1 saturated heterocycles. The highest BCUT2D eigenvalue weighted by atomic mass is 16.7. The minimum atomic E-state index is -0.824. The summed E-state index contributed by atoms with van der Waals surface area (Å²) in [6.07, 6.45) is 1.49. The number of nitrogens with zero attached hydrogens (tertiary/aromatic N) is 1.